The van der Waals surface area contributed by atoms with Crippen molar-refractivity contribution in [1.29, 1.82) is 0 Å². The van der Waals surface area contributed by atoms with Gasteiger partial charge in [0.1, 0.15) is 0 Å². The van der Waals surface area contributed by atoms with Gasteiger partial charge in [0.15, 0.2) is 5.78 Å². The lowest BCUT2D eigenvalue weighted by atomic mass is 9.89. The number of benzene rings is 2. The molecule has 1 aliphatic rings. The molecule has 156 valence electrons. The van der Waals surface area contributed by atoms with Gasteiger partial charge >= 0.3 is 0 Å². The molecule has 1 fully saturated rings. The average molecular weight is 405 g/mol. The van der Waals surface area contributed by atoms with Crippen LogP contribution in [0, 0.1) is 5.92 Å². The molecule has 1 aliphatic heterocycles. The van der Waals surface area contributed by atoms with Gasteiger partial charge < -0.3 is 10.2 Å². The van der Waals surface area contributed by atoms with Crippen molar-refractivity contribution in [2.24, 2.45) is 5.92 Å². The Morgan fingerprint density at radius 2 is 1.83 bits per heavy atom. The van der Waals surface area contributed by atoms with Gasteiger partial charge in [0.2, 0.25) is 0 Å². The zero-order valence-electron chi connectivity index (χ0n) is 17.4. The number of Topliss-reactive ketones (excluding diaryl/α,β-unsaturated/α-hetero) is 1. The van der Waals surface area contributed by atoms with Crippen molar-refractivity contribution in [1.82, 2.24) is 14.5 Å². The fraction of sp³-hybridized carbons (Fsp3) is 0.375. The second-order valence-corrected chi connectivity index (χ2v) is 7.82. The average Bonchev–Trinajstić information content (AvgIpc) is 2.79. The van der Waals surface area contributed by atoms with E-state index in [1.807, 2.05) is 55.5 Å². The lowest BCUT2D eigenvalue weighted by Gasteiger charge is -2.31. The van der Waals surface area contributed by atoms with Crippen LogP contribution in [0.25, 0.3) is 10.9 Å². The van der Waals surface area contributed by atoms with Crippen LogP contribution in [0.5, 0.6) is 0 Å². The zero-order chi connectivity index (χ0) is 20.9. The number of piperidine rings is 1. The van der Waals surface area contributed by atoms with Crippen LogP contribution in [0.15, 0.2) is 59.7 Å². The molecule has 2 heterocycles. The molecule has 1 saturated heterocycles. The number of anilines is 1. The standard InChI is InChI=1S/C24H28N4O2/c1-2-25-20-9-6-10-21-22(20)24(30)28(17-26-21)16-15-27-13-11-19(12-14-27)23(29)18-7-4-3-5-8-18/h3-10,17,19,25H,2,11-16H2,1H3. The Kier molecular flexibility index (Phi) is 6.23. The summed E-state index contributed by atoms with van der Waals surface area (Å²) < 4.78 is 1.70. The summed E-state index contributed by atoms with van der Waals surface area (Å²) in [6.07, 6.45) is 3.37. The number of nitrogens with zero attached hydrogens (tertiary/aromatic N) is 3. The molecule has 6 nitrogen and oxygen atoms in total. The lowest BCUT2D eigenvalue weighted by Crippen LogP contribution is -2.39. The van der Waals surface area contributed by atoms with Gasteiger partial charge in [-0.1, -0.05) is 36.4 Å². The first kappa shape index (κ1) is 20.3. The largest absolute Gasteiger partial charge is 0.385 e. The molecule has 0 unspecified atom stereocenters. The van der Waals surface area contributed by atoms with Gasteiger partial charge in [0.25, 0.3) is 5.56 Å². The Bertz CT molecular complexity index is 1070. The van der Waals surface area contributed by atoms with Crippen LogP contribution in [0.1, 0.15) is 30.1 Å². The van der Waals surface area contributed by atoms with Gasteiger partial charge in [-0.25, -0.2) is 4.98 Å². The van der Waals surface area contributed by atoms with E-state index in [9.17, 15) is 9.59 Å². The van der Waals surface area contributed by atoms with Crippen LogP contribution in [0.2, 0.25) is 0 Å². The molecule has 4 rings (SSSR count). The number of carbonyl (C=O) groups excluding carboxylic acids is 1. The van der Waals surface area contributed by atoms with Crippen molar-refractivity contribution < 1.29 is 4.79 Å². The molecule has 0 aliphatic carbocycles. The number of hydrogen-bond acceptors (Lipinski definition) is 5. The van der Waals surface area contributed by atoms with Crippen LogP contribution < -0.4 is 10.9 Å². The van der Waals surface area contributed by atoms with E-state index in [2.05, 4.69) is 15.2 Å². The van der Waals surface area contributed by atoms with Crippen LogP contribution >= 0.6 is 0 Å². The second kappa shape index (κ2) is 9.22. The highest BCUT2D eigenvalue weighted by Gasteiger charge is 2.25. The van der Waals surface area contributed by atoms with Gasteiger partial charge in [-0.2, -0.15) is 0 Å². The summed E-state index contributed by atoms with van der Waals surface area (Å²) in [5.74, 6) is 0.345. The first-order valence-electron chi connectivity index (χ1n) is 10.7. The molecule has 0 bridgehead atoms. The Hall–Kier alpha value is -2.99. The highest BCUT2D eigenvalue weighted by atomic mass is 16.1. The highest BCUT2D eigenvalue weighted by Crippen LogP contribution is 2.22. The second-order valence-electron chi connectivity index (χ2n) is 7.82. The number of carbonyl (C=O) groups is 1. The molecule has 0 atom stereocenters. The Morgan fingerprint density at radius 3 is 2.57 bits per heavy atom. The maximum Gasteiger partial charge on any atom is 0.263 e. The summed E-state index contributed by atoms with van der Waals surface area (Å²) in [4.78, 5) is 32.5. The number of nitrogens with one attached hydrogen (secondary N) is 1. The predicted molar refractivity (Wildman–Crippen MR) is 120 cm³/mol. The fourth-order valence-electron chi connectivity index (χ4n) is 4.20. The Balaban J connectivity index is 1.38. The Labute approximate surface area is 176 Å². The molecule has 1 aromatic heterocycles. The Morgan fingerprint density at radius 1 is 1.07 bits per heavy atom. The van der Waals surface area contributed by atoms with Crippen LogP contribution in [0.3, 0.4) is 0 Å². The number of aromatic nitrogens is 2. The molecule has 0 amide bonds. The number of fused-ring (bicyclic) bond motifs is 1. The summed E-state index contributed by atoms with van der Waals surface area (Å²) in [6, 6.07) is 15.3. The van der Waals surface area contributed by atoms with Crippen molar-refractivity contribution >= 4 is 22.4 Å². The van der Waals surface area contributed by atoms with Crippen molar-refractivity contribution in [2.45, 2.75) is 26.3 Å². The number of hydrogen-bond donors (Lipinski definition) is 1. The molecule has 0 spiro atoms. The molecule has 2 aromatic carbocycles. The predicted octanol–water partition coefficient (Wildman–Crippen LogP) is 3.42. The number of ketones is 1. The van der Waals surface area contributed by atoms with Crippen molar-refractivity contribution in [3.63, 3.8) is 0 Å². The van der Waals surface area contributed by atoms with E-state index in [-0.39, 0.29) is 17.3 Å². The number of rotatable bonds is 7. The van der Waals surface area contributed by atoms with Crippen LogP contribution in [-0.4, -0.2) is 46.4 Å². The molecular weight excluding hydrogens is 376 g/mol. The van der Waals surface area contributed by atoms with Gasteiger partial charge in [0, 0.05) is 36.8 Å². The van der Waals surface area contributed by atoms with Crippen LogP contribution in [0.4, 0.5) is 5.69 Å². The maximum atomic E-state index is 13.0. The van der Waals surface area contributed by atoms with E-state index in [4.69, 9.17) is 0 Å². The quantitative estimate of drug-likeness (QED) is 0.611. The van der Waals surface area contributed by atoms with Gasteiger partial charge in [-0.3, -0.25) is 14.2 Å². The fourth-order valence-corrected chi connectivity index (χ4v) is 4.20. The summed E-state index contributed by atoms with van der Waals surface area (Å²) in [6.45, 7) is 5.90. The normalized spacial score (nSPS) is 15.4. The minimum atomic E-state index is -0.00862. The molecule has 1 N–H and O–H groups in total. The molecule has 0 radical (unpaired) electrons. The van der Waals surface area contributed by atoms with E-state index < -0.39 is 0 Å². The first-order chi connectivity index (χ1) is 14.7. The molecular formula is C24H28N4O2. The van der Waals surface area contributed by atoms with Gasteiger partial charge in [-0.05, 0) is 45.0 Å². The third kappa shape index (κ3) is 4.28. The van der Waals surface area contributed by atoms with Crippen molar-refractivity contribution in [3.05, 3.63) is 70.8 Å². The van der Waals surface area contributed by atoms with Crippen LogP contribution in [-0.2, 0) is 6.54 Å². The topological polar surface area (TPSA) is 67.2 Å². The third-order valence-electron chi connectivity index (χ3n) is 5.89. The van der Waals surface area contributed by atoms with E-state index in [0.29, 0.717) is 11.9 Å². The summed E-state index contributed by atoms with van der Waals surface area (Å²) in [7, 11) is 0. The highest BCUT2D eigenvalue weighted by molar-refractivity contribution is 5.97. The molecule has 6 heteroatoms. The van der Waals surface area contributed by atoms with E-state index >= 15 is 0 Å². The van der Waals surface area contributed by atoms with E-state index in [1.54, 1.807) is 10.9 Å². The van der Waals surface area contributed by atoms with Gasteiger partial charge in [0.05, 0.1) is 17.2 Å². The number of likely N-dealkylation sites (tertiary alicyclic amines) is 1. The molecule has 0 saturated carbocycles. The third-order valence-corrected chi connectivity index (χ3v) is 5.89. The summed E-state index contributed by atoms with van der Waals surface area (Å²) >= 11 is 0. The zero-order valence-corrected chi connectivity index (χ0v) is 17.4. The van der Waals surface area contributed by atoms with Crippen molar-refractivity contribution in [3.8, 4) is 0 Å². The van der Waals surface area contributed by atoms with E-state index in [0.717, 1.165) is 55.8 Å². The summed E-state index contributed by atoms with van der Waals surface area (Å²) in [5, 5.41) is 3.90. The van der Waals surface area contributed by atoms with Crippen molar-refractivity contribution in [2.75, 3.05) is 31.5 Å². The minimum Gasteiger partial charge on any atom is -0.385 e. The lowest BCUT2D eigenvalue weighted by molar-refractivity contribution is 0.0837. The summed E-state index contributed by atoms with van der Waals surface area (Å²) in [5.41, 5.74) is 2.35. The first-order valence-corrected chi connectivity index (χ1v) is 10.7. The van der Waals surface area contributed by atoms with Gasteiger partial charge in [-0.15, -0.1) is 0 Å². The molecule has 3 aromatic rings. The van der Waals surface area contributed by atoms with E-state index in [1.165, 1.54) is 0 Å². The smallest absolute Gasteiger partial charge is 0.263 e. The monoisotopic (exact) mass is 404 g/mol. The maximum absolute atomic E-state index is 13.0. The minimum absolute atomic E-state index is 0.00862. The SMILES string of the molecule is CCNc1cccc2ncn(CCN3CCC(C(=O)c4ccccc4)CC3)c(=O)c12. The molecule has 30 heavy (non-hydrogen) atoms.